The summed E-state index contributed by atoms with van der Waals surface area (Å²) in [7, 11) is 0. The number of aryl methyl sites for hydroxylation is 1. The molecule has 1 saturated heterocycles. The number of rotatable bonds is 5. The fourth-order valence-corrected chi connectivity index (χ4v) is 5.12. The molecule has 1 aliphatic rings. The first kappa shape index (κ1) is 21.0. The molecular weight excluding hydrogens is 505 g/mol. The number of hydrogen-bond donors (Lipinski definition) is 0. The van der Waals surface area contributed by atoms with E-state index in [9.17, 15) is 10.0 Å². The van der Waals surface area contributed by atoms with Crippen LogP contribution in [0.3, 0.4) is 0 Å². The molecule has 2 aromatic heterocycles. The van der Waals surface area contributed by atoms with Crippen LogP contribution in [0.4, 0.5) is 5.13 Å². The Balaban J connectivity index is 1.68. The highest BCUT2D eigenvalue weighted by molar-refractivity contribution is 9.09. The largest absolute Gasteiger partial charge is 0.622 e. The first-order valence-corrected chi connectivity index (χ1v) is 11.4. The summed E-state index contributed by atoms with van der Waals surface area (Å²) in [6, 6.07) is 4.89. The van der Waals surface area contributed by atoms with Crippen LogP contribution in [0.25, 0.3) is 10.2 Å². The summed E-state index contributed by atoms with van der Waals surface area (Å²) in [6.07, 6.45) is 0.487. The molecule has 0 bridgehead atoms. The van der Waals surface area contributed by atoms with Gasteiger partial charge in [0.25, 0.3) is 11.4 Å². The number of carbonyl (C=O) groups excluding carboxylic acids is 1. The number of aromatic nitrogens is 1. The van der Waals surface area contributed by atoms with Crippen molar-refractivity contribution in [1.82, 2.24) is 14.5 Å². The monoisotopic (exact) mass is 519 g/mol. The maximum Gasteiger partial charge on any atom is 0.378 e. The van der Waals surface area contributed by atoms with Crippen LogP contribution in [-0.4, -0.2) is 47.2 Å². The standard InChI is InChI=1S/C18H16BrCl2N3O4S/c1-10-4-14(27-8-10)17(25)28-16-7-23(3-2-19)9-24(16,26)18-22-13-5-11(20)12(21)6-15(13)29-18/h4-6,8,16H,2-3,7,9H2,1H3. The van der Waals surface area contributed by atoms with Crippen molar-refractivity contribution >= 4 is 71.8 Å². The van der Waals surface area contributed by atoms with E-state index in [1.54, 1.807) is 25.1 Å². The molecule has 0 N–H and O–H groups in total. The fourth-order valence-electron chi connectivity index (χ4n) is 3.18. The SMILES string of the molecule is Cc1coc(C(=O)OC2CN(CCBr)C[N+]2([O-])c2nc3cc(Cl)c(Cl)cc3s2)c1. The van der Waals surface area contributed by atoms with Crippen LogP contribution in [0.15, 0.2) is 28.9 Å². The van der Waals surface area contributed by atoms with Crippen molar-refractivity contribution in [2.75, 3.05) is 25.1 Å². The van der Waals surface area contributed by atoms with Crippen molar-refractivity contribution in [3.8, 4) is 0 Å². The van der Waals surface area contributed by atoms with Gasteiger partial charge in [0.15, 0.2) is 0 Å². The Hall–Kier alpha value is -1.20. The second-order valence-corrected chi connectivity index (χ2v) is 9.40. The third kappa shape index (κ3) is 4.05. The number of hydroxylamine groups is 2. The number of nitrogens with zero attached hydrogens (tertiary/aromatic N) is 3. The van der Waals surface area contributed by atoms with E-state index in [-0.39, 0.29) is 24.1 Å². The van der Waals surface area contributed by atoms with Crippen molar-refractivity contribution in [1.29, 1.82) is 0 Å². The number of fused-ring (bicyclic) bond motifs is 1. The van der Waals surface area contributed by atoms with E-state index in [2.05, 4.69) is 20.9 Å². The Bertz CT molecular complexity index is 1040. The number of furan rings is 1. The highest BCUT2D eigenvalue weighted by Gasteiger charge is 2.46. The van der Waals surface area contributed by atoms with Gasteiger partial charge in [0.1, 0.15) is 6.67 Å². The van der Waals surface area contributed by atoms with Crippen LogP contribution >= 0.6 is 50.5 Å². The predicted molar refractivity (Wildman–Crippen MR) is 118 cm³/mol. The topological polar surface area (TPSA) is 78.6 Å². The lowest BCUT2D eigenvalue weighted by molar-refractivity contribution is 0.00254. The summed E-state index contributed by atoms with van der Waals surface area (Å²) in [6.45, 7) is 2.84. The van der Waals surface area contributed by atoms with Gasteiger partial charge in [0.05, 0.1) is 33.1 Å². The number of quaternary nitrogens is 1. The molecule has 29 heavy (non-hydrogen) atoms. The van der Waals surface area contributed by atoms with E-state index in [1.807, 2.05) is 4.90 Å². The number of thiazole rings is 1. The maximum absolute atomic E-state index is 13.9. The lowest BCUT2D eigenvalue weighted by atomic mass is 10.3. The number of benzene rings is 1. The van der Waals surface area contributed by atoms with Gasteiger partial charge in [0.2, 0.25) is 5.76 Å². The first-order valence-electron chi connectivity index (χ1n) is 8.69. The molecule has 11 heteroatoms. The normalized spacial score (nSPS) is 22.4. The molecule has 0 radical (unpaired) electrons. The molecule has 0 saturated carbocycles. The molecule has 7 nitrogen and oxygen atoms in total. The molecular formula is C18H16BrCl2N3O4S. The van der Waals surface area contributed by atoms with Crippen molar-refractivity contribution in [2.24, 2.45) is 0 Å². The van der Waals surface area contributed by atoms with Crippen LogP contribution in [0.1, 0.15) is 16.1 Å². The Kier molecular flexibility index (Phi) is 5.91. The molecule has 1 aliphatic heterocycles. The van der Waals surface area contributed by atoms with Gasteiger partial charge in [-0.3, -0.25) is 4.65 Å². The zero-order valence-corrected chi connectivity index (χ0v) is 19.1. The number of ether oxygens (including phenoxy) is 1. The van der Waals surface area contributed by atoms with E-state index in [1.165, 1.54) is 17.6 Å². The van der Waals surface area contributed by atoms with Gasteiger partial charge in [-0.1, -0.05) is 50.5 Å². The molecule has 0 aliphatic carbocycles. The lowest BCUT2D eigenvalue weighted by Gasteiger charge is -2.38. The number of hydrogen-bond acceptors (Lipinski definition) is 7. The van der Waals surface area contributed by atoms with Gasteiger partial charge in [-0.2, -0.15) is 4.98 Å². The third-order valence-electron chi connectivity index (χ3n) is 4.61. The smallest absolute Gasteiger partial charge is 0.378 e. The number of carbonyl (C=O) groups is 1. The maximum atomic E-state index is 13.9. The average Bonchev–Trinajstić information content (AvgIpc) is 3.35. The quantitative estimate of drug-likeness (QED) is 0.200. The van der Waals surface area contributed by atoms with Crippen LogP contribution in [-0.2, 0) is 4.74 Å². The van der Waals surface area contributed by atoms with Crippen LogP contribution in [0.2, 0.25) is 10.0 Å². The minimum Gasteiger partial charge on any atom is -0.622 e. The van der Waals surface area contributed by atoms with E-state index in [0.29, 0.717) is 27.4 Å². The summed E-state index contributed by atoms with van der Waals surface area (Å²) in [4.78, 5) is 18.9. The van der Waals surface area contributed by atoms with Gasteiger partial charge in [-0.25, -0.2) is 9.69 Å². The van der Waals surface area contributed by atoms with Gasteiger partial charge in [-0.15, -0.1) is 0 Å². The molecule has 3 aromatic rings. The summed E-state index contributed by atoms with van der Waals surface area (Å²) in [5, 5.41) is 15.6. The molecule has 0 spiro atoms. The summed E-state index contributed by atoms with van der Waals surface area (Å²) in [5.41, 5.74) is 1.38. The van der Waals surface area contributed by atoms with E-state index in [0.717, 1.165) is 10.3 Å². The van der Waals surface area contributed by atoms with Crippen molar-refractivity contribution in [3.05, 3.63) is 51.0 Å². The van der Waals surface area contributed by atoms with Crippen molar-refractivity contribution in [3.63, 3.8) is 0 Å². The molecule has 1 aromatic carbocycles. The molecule has 154 valence electrons. The van der Waals surface area contributed by atoms with E-state index in [4.69, 9.17) is 32.4 Å². The van der Waals surface area contributed by atoms with Crippen molar-refractivity contribution in [2.45, 2.75) is 13.2 Å². The second-order valence-electron chi connectivity index (χ2n) is 6.78. The van der Waals surface area contributed by atoms with E-state index < -0.39 is 16.8 Å². The average molecular weight is 521 g/mol. The van der Waals surface area contributed by atoms with Crippen LogP contribution < -0.4 is 4.65 Å². The number of halogens is 3. The predicted octanol–water partition coefficient (Wildman–Crippen LogP) is 5.16. The van der Waals surface area contributed by atoms with Gasteiger partial charge < -0.3 is 14.4 Å². The Morgan fingerprint density at radius 1 is 1.45 bits per heavy atom. The zero-order valence-electron chi connectivity index (χ0n) is 15.2. The van der Waals surface area contributed by atoms with E-state index >= 15 is 0 Å². The Morgan fingerprint density at radius 3 is 2.90 bits per heavy atom. The van der Waals surface area contributed by atoms with Crippen LogP contribution in [0, 0.1) is 12.1 Å². The summed E-state index contributed by atoms with van der Waals surface area (Å²) < 4.78 is 10.6. The summed E-state index contributed by atoms with van der Waals surface area (Å²) in [5.74, 6) is -0.606. The molecule has 2 atom stereocenters. The van der Waals surface area contributed by atoms with Crippen LogP contribution in [0.5, 0.6) is 0 Å². The molecule has 3 heterocycles. The highest BCUT2D eigenvalue weighted by atomic mass is 79.9. The summed E-state index contributed by atoms with van der Waals surface area (Å²) >= 11 is 16.8. The zero-order chi connectivity index (χ0) is 20.8. The van der Waals surface area contributed by atoms with Gasteiger partial charge in [0, 0.05) is 11.9 Å². The number of alkyl halides is 1. The lowest BCUT2D eigenvalue weighted by Crippen LogP contribution is -2.50. The minimum atomic E-state index is -0.974. The van der Waals surface area contributed by atoms with Gasteiger partial charge >= 0.3 is 5.97 Å². The molecule has 4 rings (SSSR count). The highest BCUT2D eigenvalue weighted by Crippen LogP contribution is 2.40. The molecule has 1 fully saturated rings. The number of esters is 1. The van der Waals surface area contributed by atoms with Gasteiger partial charge in [-0.05, 0) is 30.7 Å². The third-order valence-corrected chi connectivity index (χ3v) is 6.81. The molecule has 0 amide bonds. The fraction of sp³-hybridized carbons (Fsp3) is 0.333. The minimum absolute atomic E-state index is 0.0656. The van der Waals surface area contributed by atoms with Crippen molar-refractivity contribution < 1.29 is 13.9 Å². The first-order chi connectivity index (χ1) is 13.8. The Labute approximate surface area is 189 Å². The Morgan fingerprint density at radius 2 is 2.21 bits per heavy atom. The second kappa shape index (κ2) is 8.14. The molecule has 2 unspecified atom stereocenters.